The van der Waals surface area contributed by atoms with Gasteiger partial charge in [-0.1, -0.05) is 0 Å². The van der Waals surface area contributed by atoms with Crippen LogP contribution in [0.2, 0.25) is 0 Å². The number of rotatable bonds is 4. The SMILES string of the molecule is O=[N+]([O-])c1cn(C2CCNCC2)nc1OCC(F)(F)F. The smallest absolute Gasteiger partial charge is 0.422 e. The van der Waals surface area contributed by atoms with Gasteiger partial charge in [-0.05, 0) is 25.9 Å². The Hall–Kier alpha value is -1.84. The van der Waals surface area contributed by atoms with Crippen LogP contribution >= 0.6 is 0 Å². The monoisotopic (exact) mass is 294 g/mol. The molecule has 20 heavy (non-hydrogen) atoms. The highest BCUT2D eigenvalue weighted by Crippen LogP contribution is 2.30. The van der Waals surface area contributed by atoms with Crippen LogP contribution in [0.15, 0.2) is 6.20 Å². The Labute approximate surface area is 111 Å². The molecule has 0 radical (unpaired) electrons. The number of hydrogen-bond acceptors (Lipinski definition) is 5. The van der Waals surface area contributed by atoms with Crippen LogP contribution in [-0.2, 0) is 0 Å². The molecule has 1 aliphatic heterocycles. The maximum absolute atomic E-state index is 12.1. The Kier molecular flexibility index (Phi) is 4.12. The summed E-state index contributed by atoms with van der Waals surface area (Å²) in [6, 6.07) is -0.0711. The zero-order valence-electron chi connectivity index (χ0n) is 10.4. The average molecular weight is 294 g/mol. The normalized spacial score (nSPS) is 17.1. The fraction of sp³-hybridized carbons (Fsp3) is 0.700. The van der Waals surface area contributed by atoms with Crippen LogP contribution < -0.4 is 10.1 Å². The van der Waals surface area contributed by atoms with E-state index in [2.05, 4.69) is 15.2 Å². The highest BCUT2D eigenvalue weighted by molar-refractivity contribution is 5.38. The molecule has 7 nitrogen and oxygen atoms in total. The molecule has 0 unspecified atom stereocenters. The van der Waals surface area contributed by atoms with Gasteiger partial charge in [0.15, 0.2) is 6.61 Å². The van der Waals surface area contributed by atoms with Crippen LogP contribution in [0.4, 0.5) is 18.9 Å². The summed E-state index contributed by atoms with van der Waals surface area (Å²) in [4.78, 5) is 10.0. The lowest BCUT2D eigenvalue weighted by atomic mass is 10.1. The predicted molar refractivity (Wildman–Crippen MR) is 61.6 cm³/mol. The molecule has 10 heteroatoms. The quantitative estimate of drug-likeness (QED) is 0.674. The van der Waals surface area contributed by atoms with Gasteiger partial charge in [-0.15, -0.1) is 5.10 Å². The molecule has 0 aliphatic carbocycles. The second-order valence-corrected chi connectivity index (χ2v) is 4.44. The first-order chi connectivity index (χ1) is 9.37. The molecular weight excluding hydrogens is 281 g/mol. The Morgan fingerprint density at radius 3 is 2.70 bits per heavy atom. The van der Waals surface area contributed by atoms with Crippen LogP contribution in [0.25, 0.3) is 0 Å². The van der Waals surface area contributed by atoms with Crippen LogP contribution in [0.3, 0.4) is 0 Å². The Balaban J connectivity index is 2.17. The van der Waals surface area contributed by atoms with E-state index in [4.69, 9.17) is 0 Å². The molecule has 1 aromatic rings. The predicted octanol–water partition coefficient (Wildman–Crippen LogP) is 1.66. The second-order valence-electron chi connectivity index (χ2n) is 4.44. The Bertz CT molecular complexity index is 483. The lowest BCUT2D eigenvalue weighted by Crippen LogP contribution is -2.29. The van der Waals surface area contributed by atoms with Gasteiger partial charge < -0.3 is 10.1 Å². The van der Waals surface area contributed by atoms with Gasteiger partial charge in [0, 0.05) is 0 Å². The van der Waals surface area contributed by atoms with Crippen molar-refractivity contribution in [3.05, 3.63) is 16.3 Å². The van der Waals surface area contributed by atoms with E-state index in [0.717, 1.165) is 19.3 Å². The number of piperidine rings is 1. The van der Waals surface area contributed by atoms with Crippen molar-refractivity contribution in [1.29, 1.82) is 0 Å². The molecule has 0 bridgehead atoms. The van der Waals surface area contributed by atoms with Gasteiger partial charge in [0.05, 0.1) is 11.0 Å². The topological polar surface area (TPSA) is 82.2 Å². The number of nitrogens with one attached hydrogen (secondary N) is 1. The minimum Gasteiger partial charge on any atom is -0.462 e. The van der Waals surface area contributed by atoms with Crippen molar-refractivity contribution in [1.82, 2.24) is 15.1 Å². The number of nitrogens with zero attached hydrogens (tertiary/aromatic N) is 3. The molecule has 2 rings (SSSR count). The summed E-state index contributed by atoms with van der Waals surface area (Å²) < 4.78 is 42.0. The van der Waals surface area contributed by atoms with Crippen molar-refractivity contribution in [3.8, 4) is 5.88 Å². The maximum atomic E-state index is 12.1. The molecule has 0 amide bonds. The van der Waals surface area contributed by atoms with Crippen LogP contribution in [0.1, 0.15) is 18.9 Å². The molecule has 1 aromatic heterocycles. The fourth-order valence-corrected chi connectivity index (χ4v) is 2.00. The summed E-state index contributed by atoms with van der Waals surface area (Å²) >= 11 is 0. The Morgan fingerprint density at radius 1 is 1.50 bits per heavy atom. The van der Waals surface area contributed by atoms with E-state index in [1.54, 1.807) is 0 Å². The summed E-state index contributed by atoms with van der Waals surface area (Å²) in [6.45, 7) is -0.134. The molecule has 1 N–H and O–H groups in total. The van der Waals surface area contributed by atoms with E-state index >= 15 is 0 Å². The van der Waals surface area contributed by atoms with Crippen molar-refractivity contribution < 1.29 is 22.8 Å². The summed E-state index contributed by atoms with van der Waals surface area (Å²) in [5, 5.41) is 17.7. The number of ether oxygens (including phenoxy) is 1. The third kappa shape index (κ3) is 3.59. The van der Waals surface area contributed by atoms with E-state index in [0.29, 0.717) is 12.8 Å². The van der Waals surface area contributed by atoms with Crippen molar-refractivity contribution >= 4 is 5.69 Å². The third-order valence-corrected chi connectivity index (χ3v) is 2.93. The molecule has 1 fully saturated rings. The zero-order valence-corrected chi connectivity index (χ0v) is 10.4. The van der Waals surface area contributed by atoms with Gasteiger partial charge in [-0.25, -0.2) is 0 Å². The number of alkyl halides is 3. The number of nitro groups is 1. The van der Waals surface area contributed by atoms with Gasteiger partial charge in [-0.3, -0.25) is 14.8 Å². The number of halogens is 3. The largest absolute Gasteiger partial charge is 0.462 e. The van der Waals surface area contributed by atoms with Gasteiger partial charge in [0.2, 0.25) is 0 Å². The van der Waals surface area contributed by atoms with Gasteiger partial charge in [0.1, 0.15) is 6.20 Å². The summed E-state index contributed by atoms with van der Waals surface area (Å²) in [7, 11) is 0. The van der Waals surface area contributed by atoms with Crippen LogP contribution in [0, 0.1) is 10.1 Å². The number of aromatic nitrogens is 2. The number of hydrogen-bond donors (Lipinski definition) is 1. The van der Waals surface area contributed by atoms with Gasteiger partial charge in [-0.2, -0.15) is 13.2 Å². The highest BCUT2D eigenvalue weighted by atomic mass is 19.4. The van der Waals surface area contributed by atoms with Crippen LogP contribution in [0.5, 0.6) is 5.88 Å². The highest BCUT2D eigenvalue weighted by Gasteiger charge is 2.32. The van der Waals surface area contributed by atoms with E-state index < -0.39 is 29.3 Å². The molecule has 112 valence electrons. The third-order valence-electron chi connectivity index (χ3n) is 2.93. The first kappa shape index (κ1) is 14.6. The van der Waals surface area contributed by atoms with Gasteiger partial charge in [0.25, 0.3) is 0 Å². The van der Waals surface area contributed by atoms with Crippen LogP contribution in [-0.4, -0.2) is 40.6 Å². The van der Waals surface area contributed by atoms with Gasteiger partial charge >= 0.3 is 17.7 Å². The zero-order chi connectivity index (χ0) is 14.8. The average Bonchev–Trinajstić information content (AvgIpc) is 2.81. The lowest BCUT2D eigenvalue weighted by molar-refractivity contribution is -0.386. The van der Waals surface area contributed by atoms with Crippen molar-refractivity contribution in [3.63, 3.8) is 0 Å². The molecule has 0 spiro atoms. The fourth-order valence-electron chi connectivity index (χ4n) is 2.00. The van der Waals surface area contributed by atoms with E-state index in [-0.39, 0.29) is 6.04 Å². The molecular formula is C10H13F3N4O3. The molecule has 0 atom stereocenters. The molecule has 0 aromatic carbocycles. The second kappa shape index (κ2) is 5.65. The molecule has 1 saturated heterocycles. The maximum Gasteiger partial charge on any atom is 0.422 e. The van der Waals surface area contributed by atoms with E-state index in [1.807, 2.05) is 0 Å². The van der Waals surface area contributed by atoms with E-state index in [9.17, 15) is 23.3 Å². The van der Waals surface area contributed by atoms with E-state index in [1.165, 1.54) is 4.68 Å². The van der Waals surface area contributed by atoms with Crippen molar-refractivity contribution in [2.45, 2.75) is 25.1 Å². The van der Waals surface area contributed by atoms with Crippen molar-refractivity contribution in [2.75, 3.05) is 19.7 Å². The minimum atomic E-state index is -4.56. The summed E-state index contributed by atoms with van der Waals surface area (Å²) in [5.41, 5.74) is -0.548. The molecule has 2 heterocycles. The van der Waals surface area contributed by atoms with Crippen molar-refractivity contribution in [2.24, 2.45) is 0 Å². The minimum absolute atomic E-state index is 0.0711. The summed E-state index contributed by atoms with van der Waals surface area (Å²) in [6.07, 6.45) is -2.02. The standard InChI is InChI=1S/C10H13F3N4O3/c11-10(12,13)6-20-9-8(17(18)19)5-16(15-9)7-1-3-14-4-2-7/h5,7,14H,1-4,6H2. The molecule has 0 saturated carbocycles. The Morgan fingerprint density at radius 2 is 2.15 bits per heavy atom. The lowest BCUT2D eigenvalue weighted by Gasteiger charge is -2.22. The first-order valence-electron chi connectivity index (χ1n) is 6.00. The molecule has 1 aliphatic rings. The summed E-state index contributed by atoms with van der Waals surface area (Å²) in [5.74, 6) is -0.592. The first-order valence-corrected chi connectivity index (χ1v) is 6.00.